The number of piperidine rings is 1. The number of H-pyrrole nitrogens is 1. The summed E-state index contributed by atoms with van der Waals surface area (Å²) in [5.41, 5.74) is 2.44. The van der Waals surface area contributed by atoms with Crippen molar-refractivity contribution in [2.24, 2.45) is 5.92 Å². The van der Waals surface area contributed by atoms with Crippen LogP contribution in [0.5, 0.6) is 0 Å². The molecule has 2 rings (SSSR count). The highest BCUT2D eigenvalue weighted by molar-refractivity contribution is 5.94. The average Bonchev–Trinajstić information content (AvgIpc) is 2.67. The van der Waals surface area contributed by atoms with Gasteiger partial charge in [0.15, 0.2) is 0 Å². The van der Waals surface area contributed by atoms with Gasteiger partial charge in [-0.15, -0.1) is 0 Å². The van der Waals surface area contributed by atoms with Crippen LogP contribution in [0.15, 0.2) is 6.07 Å². The summed E-state index contributed by atoms with van der Waals surface area (Å²) in [6.45, 7) is 4.74. The molecule has 0 bridgehead atoms. The number of hydrogen-bond acceptors (Lipinski definition) is 2. The second-order valence-electron chi connectivity index (χ2n) is 4.94. The second kappa shape index (κ2) is 4.84. The first-order valence-corrected chi connectivity index (χ1v) is 6.17. The van der Waals surface area contributed by atoms with E-state index in [0.29, 0.717) is 25.2 Å². The van der Waals surface area contributed by atoms with Crippen LogP contribution in [0, 0.1) is 19.8 Å². The molecule has 2 N–H and O–H groups in total. The van der Waals surface area contributed by atoms with Crippen molar-refractivity contribution < 1.29 is 14.7 Å². The summed E-state index contributed by atoms with van der Waals surface area (Å²) in [5, 5.41) is 9.02. The molecule has 0 saturated carbocycles. The number of likely N-dealkylation sites (tertiary alicyclic amines) is 1. The van der Waals surface area contributed by atoms with Crippen LogP contribution in [-0.2, 0) is 4.79 Å². The molecule has 2 heterocycles. The van der Waals surface area contributed by atoms with Gasteiger partial charge in [0.2, 0.25) is 0 Å². The standard InChI is InChI=1S/C13H18N2O3/c1-8-6-9(2)14-11(8)12(16)15-5-3-4-10(7-15)13(17)18/h6,10,14H,3-5,7H2,1-2H3,(H,17,18)/t10-/m0/s1. The van der Waals surface area contributed by atoms with Gasteiger partial charge in [-0.25, -0.2) is 0 Å². The molecular formula is C13H18N2O3. The number of carboxylic acids is 1. The van der Waals surface area contributed by atoms with E-state index in [2.05, 4.69) is 4.98 Å². The molecule has 1 aromatic heterocycles. The fraction of sp³-hybridized carbons (Fsp3) is 0.538. The zero-order valence-corrected chi connectivity index (χ0v) is 10.7. The molecule has 0 aromatic carbocycles. The van der Waals surface area contributed by atoms with Crippen molar-refractivity contribution in [1.82, 2.24) is 9.88 Å². The van der Waals surface area contributed by atoms with Crippen molar-refractivity contribution in [2.45, 2.75) is 26.7 Å². The molecule has 1 fully saturated rings. The van der Waals surface area contributed by atoms with Crippen LogP contribution in [0.2, 0.25) is 0 Å². The Balaban J connectivity index is 2.14. The van der Waals surface area contributed by atoms with E-state index < -0.39 is 11.9 Å². The Morgan fingerprint density at radius 2 is 2.17 bits per heavy atom. The molecule has 1 aliphatic heterocycles. The van der Waals surface area contributed by atoms with E-state index in [-0.39, 0.29) is 5.91 Å². The predicted octanol–water partition coefficient (Wildman–Crippen LogP) is 1.57. The van der Waals surface area contributed by atoms with Gasteiger partial charge in [0.1, 0.15) is 5.69 Å². The summed E-state index contributed by atoms with van der Waals surface area (Å²) in [7, 11) is 0. The molecule has 1 atom stereocenters. The average molecular weight is 250 g/mol. The maximum atomic E-state index is 12.3. The fourth-order valence-corrected chi connectivity index (χ4v) is 2.47. The number of carbonyl (C=O) groups is 2. The van der Waals surface area contributed by atoms with E-state index in [1.54, 1.807) is 4.90 Å². The minimum Gasteiger partial charge on any atom is -0.481 e. The zero-order chi connectivity index (χ0) is 13.3. The van der Waals surface area contributed by atoms with Crippen molar-refractivity contribution in [1.29, 1.82) is 0 Å². The number of aromatic nitrogens is 1. The summed E-state index contributed by atoms with van der Waals surface area (Å²) in [5.74, 6) is -1.34. The topological polar surface area (TPSA) is 73.4 Å². The third kappa shape index (κ3) is 2.39. The van der Waals surface area contributed by atoms with E-state index in [0.717, 1.165) is 17.7 Å². The third-order valence-corrected chi connectivity index (χ3v) is 3.42. The number of carboxylic acid groups (broad SMARTS) is 1. The normalized spacial score (nSPS) is 19.9. The number of aliphatic carboxylic acids is 1. The summed E-state index contributed by atoms with van der Waals surface area (Å²) >= 11 is 0. The first-order chi connectivity index (χ1) is 8.49. The Bertz CT molecular complexity index is 479. The van der Waals surface area contributed by atoms with Gasteiger partial charge in [-0.2, -0.15) is 0 Å². The van der Waals surface area contributed by atoms with Crippen LogP contribution in [0.3, 0.4) is 0 Å². The Hall–Kier alpha value is -1.78. The molecule has 1 amide bonds. The van der Waals surface area contributed by atoms with Gasteiger partial charge in [-0.05, 0) is 38.3 Å². The Labute approximate surface area is 106 Å². The van der Waals surface area contributed by atoms with Crippen LogP contribution in [-0.4, -0.2) is 40.0 Å². The highest BCUT2D eigenvalue weighted by atomic mass is 16.4. The van der Waals surface area contributed by atoms with Gasteiger partial charge in [0.05, 0.1) is 5.92 Å². The maximum Gasteiger partial charge on any atom is 0.308 e. The Morgan fingerprint density at radius 1 is 1.44 bits per heavy atom. The third-order valence-electron chi connectivity index (χ3n) is 3.42. The summed E-state index contributed by atoms with van der Waals surface area (Å²) in [6, 6.07) is 1.92. The zero-order valence-electron chi connectivity index (χ0n) is 10.7. The highest BCUT2D eigenvalue weighted by Gasteiger charge is 2.29. The molecule has 5 heteroatoms. The first kappa shape index (κ1) is 12.7. The fourth-order valence-electron chi connectivity index (χ4n) is 2.47. The van der Waals surface area contributed by atoms with Gasteiger partial charge >= 0.3 is 5.97 Å². The molecule has 1 saturated heterocycles. The van der Waals surface area contributed by atoms with Gasteiger partial charge < -0.3 is 15.0 Å². The number of aromatic amines is 1. The van der Waals surface area contributed by atoms with Crippen molar-refractivity contribution in [3.8, 4) is 0 Å². The molecule has 0 spiro atoms. The molecule has 98 valence electrons. The quantitative estimate of drug-likeness (QED) is 0.836. The lowest BCUT2D eigenvalue weighted by Crippen LogP contribution is -2.42. The number of nitrogens with zero attached hydrogens (tertiary/aromatic N) is 1. The van der Waals surface area contributed by atoms with Gasteiger partial charge in [-0.3, -0.25) is 9.59 Å². The molecule has 0 radical (unpaired) electrons. The summed E-state index contributed by atoms with van der Waals surface area (Å²) in [6.07, 6.45) is 1.41. The summed E-state index contributed by atoms with van der Waals surface area (Å²) < 4.78 is 0. The van der Waals surface area contributed by atoms with E-state index >= 15 is 0 Å². The van der Waals surface area contributed by atoms with Crippen LogP contribution < -0.4 is 0 Å². The Morgan fingerprint density at radius 3 is 2.72 bits per heavy atom. The van der Waals surface area contributed by atoms with Gasteiger partial charge in [-0.1, -0.05) is 0 Å². The molecular weight excluding hydrogens is 232 g/mol. The van der Waals surface area contributed by atoms with Crippen molar-refractivity contribution in [2.75, 3.05) is 13.1 Å². The molecule has 18 heavy (non-hydrogen) atoms. The van der Waals surface area contributed by atoms with Crippen LogP contribution in [0.25, 0.3) is 0 Å². The minimum absolute atomic E-state index is 0.0912. The molecule has 0 aliphatic carbocycles. The lowest BCUT2D eigenvalue weighted by Gasteiger charge is -2.30. The van der Waals surface area contributed by atoms with E-state index in [1.165, 1.54) is 0 Å². The van der Waals surface area contributed by atoms with Crippen LogP contribution >= 0.6 is 0 Å². The number of aryl methyl sites for hydroxylation is 2. The number of amides is 1. The van der Waals surface area contributed by atoms with E-state index in [4.69, 9.17) is 5.11 Å². The van der Waals surface area contributed by atoms with Gasteiger partial charge in [0.25, 0.3) is 5.91 Å². The summed E-state index contributed by atoms with van der Waals surface area (Å²) in [4.78, 5) is 28.0. The molecule has 0 unspecified atom stereocenters. The highest BCUT2D eigenvalue weighted by Crippen LogP contribution is 2.20. The second-order valence-corrected chi connectivity index (χ2v) is 4.94. The van der Waals surface area contributed by atoms with Crippen molar-refractivity contribution in [3.05, 3.63) is 23.0 Å². The lowest BCUT2D eigenvalue weighted by atomic mass is 9.98. The number of carbonyl (C=O) groups excluding carboxylic acids is 1. The Kier molecular flexibility index (Phi) is 3.41. The minimum atomic E-state index is -0.813. The smallest absolute Gasteiger partial charge is 0.308 e. The van der Waals surface area contributed by atoms with Gasteiger partial charge in [0, 0.05) is 18.8 Å². The van der Waals surface area contributed by atoms with Crippen LogP contribution in [0.4, 0.5) is 0 Å². The first-order valence-electron chi connectivity index (χ1n) is 6.17. The van der Waals surface area contributed by atoms with E-state index in [1.807, 2.05) is 19.9 Å². The van der Waals surface area contributed by atoms with E-state index in [9.17, 15) is 9.59 Å². The predicted molar refractivity (Wildman–Crippen MR) is 66.5 cm³/mol. The molecule has 1 aliphatic rings. The van der Waals surface area contributed by atoms with Crippen LogP contribution in [0.1, 0.15) is 34.6 Å². The maximum absolute atomic E-state index is 12.3. The number of nitrogens with one attached hydrogen (secondary N) is 1. The number of hydrogen-bond donors (Lipinski definition) is 2. The monoisotopic (exact) mass is 250 g/mol. The lowest BCUT2D eigenvalue weighted by molar-refractivity contribution is -0.143. The van der Waals surface area contributed by atoms with Crippen molar-refractivity contribution >= 4 is 11.9 Å². The molecule has 5 nitrogen and oxygen atoms in total. The molecule has 1 aromatic rings. The van der Waals surface area contributed by atoms with Crippen molar-refractivity contribution in [3.63, 3.8) is 0 Å². The number of rotatable bonds is 2. The largest absolute Gasteiger partial charge is 0.481 e. The SMILES string of the molecule is Cc1cc(C)c(C(=O)N2CCC[C@H](C(=O)O)C2)[nH]1.